The van der Waals surface area contributed by atoms with Gasteiger partial charge in [0.15, 0.2) is 5.82 Å². The summed E-state index contributed by atoms with van der Waals surface area (Å²) in [6.07, 6.45) is 0. The van der Waals surface area contributed by atoms with Gasteiger partial charge in [-0.15, -0.1) is 0 Å². The summed E-state index contributed by atoms with van der Waals surface area (Å²) < 4.78 is 6.30. The molecule has 52 heavy (non-hydrogen) atoms. The van der Waals surface area contributed by atoms with Crippen LogP contribution in [0.25, 0.3) is 78.1 Å². The van der Waals surface area contributed by atoms with Crippen LogP contribution in [-0.4, -0.2) is 9.97 Å². The maximum absolute atomic E-state index is 6.30. The zero-order chi connectivity index (χ0) is 36.2. The number of furan rings is 1. The van der Waals surface area contributed by atoms with Crippen molar-refractivity contribution in [3.05, 3.63) is 156 Å². The van der Waals surface area contributed by atoms with Gasteiger partial charge in [0.1, 0.15) is 11.2 Å². The Bertz CT molecular complexity index is 2480. The Balaban J connectivity index is 1.34. The van der Waals surface area contributed by atoms with Crippen LogP contribution in [0.5, 0.6) is 0 Å². The Labute approximate surface area is 307 Å². The molecule has 0 amide bonds. The van der Waals surface area contributed by atoms with Crippen LogP contribution in [-0.2, 0) is 10.8 Å². The van der Waals surface area contributed by atoms with Crippen molar-refractivity contribution in [2.45, 2.75) is 59.3 Å². The minimum absolute atomic E-state index is 0.0754. The van der Waals surface area contributed by atoms with Gasteiger partial charge in [-0.2, -0.15) is 0 Å². The van der Waals surface area contributed by atoms with E-state index >= 15 is 0 Å². The van der Waals surface area contributed by atoms with Gasteiger partial charge in [0.2, 0.25) is 0 Å². The Morgan fingerprint density at radius 1 is 0.423 bits per heavy atom. The molecule has 256 valence electrons. The molecule has 0 spiro atoms. The third kappa shape index (κ3) is 6.32. The van der Waals surface area contributed by atoms with Crippen LogP contribution >= 0.6 is 0 Å². The molecule has 0 fully saturated rings. The van der Waals surface area contributed by atoms with E-state index in [0.29, 0.717) is 5.82 Å². The first kappa shape index (κ1) is 33.3. The van der Waals surface area contributed by atoms with Gasteiger partial charge < -0.3 is 4.42 Å². The van der Waals surface area contributed by atoms with Gasteiger partial charge in [-0.1, -0.05) is 145 Å². The van der Waals surface area contributed by atoms with Crippen molar-refractivity contribution in [2.75, 3.05) is 0 Å². The fraction of sp³-hybridized carbons (Fsp3) is 0.184. The van der Waals surface area contributed by atoms with E-state index in [2.05, 4.69) is 158 Å². The molecule has 0 bridgehead atoms. The quantitative estimate of drug-likeness (QED) is 0.182. The van der Waals surface area contributed by atoms with E-state index in [1.165, 1.54) is 38.9 Å². The lowest BCUT2D eigenvalue weighted by molar-refractivity contribution is 0.590. The van der Waals surface area contributed by atoms with E-state index in [1.807, 2.05) is 30.3 Å². The summed E-state index contributed by atoms with van der Waals surface area (Å²) in [5, 5.41) is 2.21. The minimum atomic E-state index is 0.0754. The molecule has 8 rings (SSSR count). The SMILES string of the molecule is Cc1c(-c2ccc(C(C)(C)C)cc2)cc(-c2cc(-c3ccc4c(c3)oc3ccccc34)nc(-c3ccccc3)n2)cc1-c1ccc(C(C)(C)C)cc1. The predicted octanol–water partition coefficient (Wildman–Crippen LogP) is 13.6. The number of nitrogens with zero attached hydrogens (tertiary/aromatic N) is 2. The second-order valence-corrected chi connectivity index (χ2v) is 16.0. The first-order valence-electron chi connectivity index (χ1n) is 18.2. The summed E-state index contributed by atoms with van der Waals surface area (Å²) in [6, 6.07) is 49.7. The first-order chi connectivity index (χ1) is 24.9. The second kappa shape index (κ2) is 12.8. The molecule has 8 aromatic rings. The van der Waals surface area contributed by atoms with Crippen molar-refractivity contribution < 1.29 is 4.42 Å². The summed E-state index contributed by atoms with van der Waals surface area (Å²) >= 11 is 0. The smallest absolute Gasteiger partial charge is 0.160 e. The molecule has 0 unspecified atom stereocenters. The van der Waals surface area contributed by atoms with Crippen LogP contribution in [0.1, 0.15) is 58.2 Å². The van der Waals surface area contributed by atoms with Gasteiger partial charge in [0.05, 0.1) is 11.4 Å². The topological polar surface area (TPSA) is 38.9 Å². The highest BCUT2D eigenvalue weighted by Gasteiger charge is 2.19. The maximum Gasteiger partial charge on any atom is 0.160 e. The standard InChI is InChI=1S/C49H44N2O/c1-31-41(32-17-22-37(23-18-32)48(2,3)4)27-36(28-42(31)33-19-24-38(25-20-33)49(5,6)7)44-30-43(50-47(51-44)34-13-9-8-10-14-34)35-21-26-40-39-15-11-12-16-45(39)52-46(40)29-35/h8-30H,1-7H3. The van der Waals surface area contributed by atoms with E-state index in [-0.39, 0.29) is 10.8 Å². The summed E-state index contributed by atoms with van der Waals surface area (Å²) in [7, 11) is 0. The Morgan fingerprint density at radius 2 is 0.923 bits per heavy atom. The van der Waals surface area contributed by atoms with Crippen LogP contribution in [0.15, 0.2) is 144 Å². The lowest BCUT2D eigenvalue weighted by atomic mass is 9.84. The van der Waals surface area contributed by atoms with Crippen LogP contribution in [0.4, 0.5) is 0 Å². The van der Waals surface area contributed by atoms with Crippen molar-refractivity contribution in [1.82, 2.24) is 9.97 Å². The molecule has 2 heterocycles. The molecule has 3 heteroatoms. The van der Waals surface area contributed by atoms with E-state index in [1.54, 1.807) is 0 Å². The van der Waals surface area contributed by atoms with Crippen LogP contribution in [0.3, 0.4) is 0 Å². The van der Waals surface area contributed by atoms with Crippen molar-refractivity contribution in [3.8, 4) is 56.2 Å². The highest BCUT2D eigenvalue weighted by molar-refractivity contribution is 6.05. The predicted molar refractivity (Wildman–Crippen MR) is 219 cm³/mol. The number of rotatable bonds is 5. The molecule has 2 aromatic heterocycles. The van der Waals surface area contributed by atoms with E-state index in [9.17, 15) is 0 Å². The van der Waals surface area contributed by atoms with Crippen molar-refractivity contribution in [1.29, 1.82) is 0 Å². The van der Waals surface area contributed by atoms with Crippen LogP contribution in [0, 0.1) is 6.92 Å². The lowest BCUT2D eigenvalue weighted by Gasteiger charge is -2.21. The van der Waals surface area contributed by atoms with Gasteiger partial charge in [-0.3, -0.25) is 0 Å². The molecule has 0 aliphatic heterocycles. The third-order valence-electron chi connectivity index (χ3n) is 10.3. The number of benzene rings is 6. The number of fused-ring (bicyclic) bond motifs is 3. The molecule has 6 aromatic carbocycles. The molecule has 0 radical (unpaired) electrons. The van der Waals surface area contributed by atoms with Crippen molar-refractivity contribution >= 4 is 21.9 Å². The second-order valence-electron chi connectivity index (χ2n) is 16.0. The van der Waals surface area contributed by atoms with E-state index < -0.39 is 0 Å². The lowest BCUT2D eigenvalue weighted by Crippen LogP contribution is -2.10. The molecule has 0 atom stereocenters. The molecule has 0 saturated carbocycles. The van der Waals surface area contributed by atoms with Gasteiger partial charge >= 0.3 is 0 Å². The highest BCUT2D eigenvalue weighted by Crippen LogP contribution is 2.40. The average Bonchev–Trinajstić information content (AvgIpc) is 3.52. The Kier molecular flexibility index (Phi) is 8.18. The molecule has 0 N–H and O–H groups in total. The average molecular weight is 677 g/mol. The maximum atomic E-state index is 6.30. The number of hydrogen-bond donors (Lipinski definition) is 0. The fourth-order valence-corrected chi connectivity index (χ4v) is 7.11. The third-order valence-corrected chi connectivity index (χ3v) is 10.3. The molecular formula is C49H44N2O. The summed E-state index contributed by atoms with van der Waals surface area (Å²) in [4.78, 5) is 10.4. The summed E-state index contributed by atoms with van der Waals surface area (Å²) in [5.74, 6) is 0.686. The normalized spacial score (nSPS) is 12.1. The zero-order valence-electron chi connectivity index (χ0n) is 31.1. The van der Waals surface area contributed by atoms with Gasteiger partial charge in [-0.05, 0) is 93.1 Å². The van der Waals surface area contributed by atoms with Crippen LogP contribution in [0.2, 0.25) is 0 Å². The molecule has 3 nitrogen and oxygen atoms in total. The van der Waals surface area contributed by atoms with E-state index in [0.717, 1.165) is 50.0 Å². The monoisotopic (exact) mass is 676 g/mol. The van der Waals surface area contributed by atoms with Gasteiger partial charge in [0, 0.05) is 27.5 Å². The van der Waals surface area contributed by atoms with Crippen LogP contribution < -0.4 is 0 Å². The molecule has 0 saturated heterocycles. The molecule has 0 aliphatic rings. The summed E-state index contributed by atoms with van der Waals surface area (Å²) in [6.45, 7) is 15.8. The summed E-state index contributed by atoms with van der Waals surface area (Å²) in [5.41, 5.74) is 15.2. The molecular weight excluding hydrogens is 633 g/mol. The largest absolute Gasteiger partial charge is 0.456 e. The Morgan fingerprint density at radius 3 is 1.50 bits per heavy atom. The minimum Gasteiger partial charge on any atom is -0.456 e. The van der Waals surface area contributed by atoms with Gasteiger partial charge in [0.25, 0.3) is 0 Å². The van der Waals surface area contributed by atoms with Crippen molar-refractivity contribution in [3.63, 3.8) is 0 Å². The number of aromatic nitrogens is 2. The van der Waals surface area contributed by atoms with Gasteiger partial charge in [-0.25, -0.2) is 9.97 Å². The Hall–Kier alpha value is -5.80. The molecule has 0 aliphatic carbocycles. The highest BCUT2D eigenvalue weighted by atomic mass is 16.3. The van der Waals surface area contributed by atoms with Crippen molar-refractivity contribution in [2.24, 2.45) is 0 Å². The van der Waals surface area contributed by atoms with E-state index in [4.69, 9.17) is 14.4 Å². The number of para-hydroxylation sites is 1. The first-order valence-corrected chi connectivity index (χ1v) is 18.2. The number of hydrogen-bond acceptors (Lipinski definition) is 3. The zero-order valence-corrected chi connectivity index (χ0v) is 31.1. The fourth-order valence-electron chi connectivity index (χ4n) is 7.11.